The summed E-state index contributed by atoms with van der Waals surface area (Å²) in [6.45, 7) is 4.22. The minimum Gasteiger partial charge on any atom is -0.494 e. The van der Waals surface area contributed by atoms with Crippen LogP contribution in [0.5, 0.6) is 5.75 Å². The van der Waals surface area contributed by atoms with Crippen molar-refractivity contribution >= 4 is 27.5 Å². The molecule has 2 aliphatic rings. The number of hydrogen-bond donors (Lipinski definition) is 1. The highest BCUT2D eigenvalue weighted by Gasteiger charge is 2.47. The number of imide groups is 1. The van der Waals surface area contributed by atoms with Gasteiger partial charge < -0.3 is 4.74 Å². The van der Waals surface area contributed by atoms with Crippen molar-refractivity contribution in [2.75, 3.05) is 11.3 Å². The average Bonchev–Trinajstić information content (AvgIpc) is 3.01. The molecule has 1 heterocycles. The highest BCUT2D eigenvalue weighted by Crippen LogP contribution is 2.38. The molecule has 0 aromatic heterocycles. The van der Waals surface area contributed by atoms with Gasteiger partial charge in [-0.05, 0) is 68.1 Å². The van der Waals surface area contributed by atoms with Crippen LogP contribution in [0.3, 0.4) is 0 Å². The first-order chi connectivity index (χ1) is 15.3. The molecule has 1 saturated carbocycles. The summed E-state index contributed by atoms with van der Waals surface area (Å²) in [6, 6.07) is 11.7. The fourth-order valence-corrected chi connectivity index (χ4v) is 5.95. The molecule has 32 heavy (non-hydrogen) atoms. The topological polar surface area (TPSA) is 92.8 Å². The number of fused-ring (bicyclic) bond motifs is 1. The number of rotatable bonds is 7. The van der Waals surface area contributed by atoms with Crippen molar-refractivity contribution in [1.29, 1.82) is 0 Å². The van der Waals surface area contributed by atoms with E-state index in [1.54, 1.807) is 49.4 Å². The second kappa shape index (κ2) is 8.94. The van der Waals surface area contributed by atoms with E-state index in [-0.39, 0.29) is 35.1 Å². The molecule has 0 bridgehead atoms. The van der Waals surface area contributed by atoms with Crippen LogP contribution in [0.4, 0.5) is 5.69 Å². The number of aryl methyl sites for hydroxylation is 1. The Morgan fingerprint density at radius 3 is 2.22 bits per heavy atom. The zero-order chi connectivity index (χ0) is 22.9. The van der Waals surface area contributed by atoms with Gasteiger partial charge in [0.05, 0.1) is 29.9 Å². The van der Waals surface area contributed by atoms with E-state index in [0.29, 0.717) is 29.2 Å². The highest BCUT2D eigenvalue weighted by molar-refractivity contribution is 7.92. The number of nitrogens with zero attached hydrogens (tertiary/aromatic N) is 1. The standard InChI is InChI=1S/C24H28N2O5S/c1-3-31-19-12-10-18(11-13-19)25-32(29,30)22-14-17(9-8-16(22)2)15-26-23(27)20-6-4-5-7-21(20)24(26)28/h8-14,20-21,25H,3-7,15H2,1-2H3/t20-,21-/m0/s1. The smallest absolute Gasteiger partial charge is 0.262 e. The van der Waals surface area contributed by atoms with E-state index in [2.05, 4.69) is 4.72 Å². The minimum absolute atomic E-state index is 0.0938. The Bertz CT molecular complexity index is 1100. The third-order valence-electron chi connectivity index (χ3n) is 6.23. The van der Waals surface area contributed by atoms with Gasteiger partial charge in [-0.2, -0.15) is 0 Å². The van der Waals surface area contributed by atoms with Gasteiger partial charge in [-0.25, -0.2) is 8.42 Å². The summed E-state index contributed by atoms with van der Waals surface area (Å²) in [6.07, 6.45) is 3.45. The summed E-state index contributed by atoms with van der Waals surface area (Å²) in [4.78, 5) is 27.0. The van der Waals surface area contributed by atoms with Gasteiger partial charge >= 0.3 is 0 Å². The molecule has 4 rings (SSSR count). The summed E-state index contributed by atoms with van der Waals surface area (Å²) >= 11 is 0. The molecule has 0 radical (unpaired) electrons. The Hall–Kier alpha value is -2.87. The molecular weight excluding hydrogens is 428 g/mol. The lowest BCUT2D eigenvalue weighted by atomic mass is 9.81. The van der Waals surface area contributed by atoms with Gasteiger partial charge in [-0.3, -0.25) is 19.2 Å². The van der Waals surface area contributed by atoms with Crippen molar-refractivity contribution in [2.45, 2.75) is 51.0 Å². The van der Waals surface area contributed by atoms with Gasteiger partial charge in [0.2, 0.25) is 11.8 Å². The van der Waals surface area contributed by atoms with E-state index in [9.17, 15) is 18.0 Å². The van der Waals surface area contributed by atoms with Crippen LogP contribution in [-0.4, -0.2) is 31.7 Å². The Balaban J connectivity index is 1.54. The Morgan fingerprint density at radius 1 is 1.00 bits per heavy atom. The summed E-state index contributed by atoms with van der Waals surface area (Å²) in [5, 5.41) is 0. The quantitative estimate of drug-likeness (QED) is 0.639. The molecule has 0 spiro atoms. The van der Waals surface area contributed by atoms with Crippen LogP contribution in [0, 0.1) is 18.8 Å². The molecule has 2 atom stereocenters. The van der Waals surface area contributed by atoms with E-state index in [0.717, 1.165) is 25.7 Å². The van der Waals surface area contributed by atoms with Gasteiger partial charge in [-0.15, -0.1) is 0 Å². The van der Waals surface area contributed by atoms with Gasteiger partial charge in [0.1, 0.15) is 5.75 Å². The third-order valence-corrected chi connectivity index (χ3v) is 7.76. The largest absolute Gasteiger partial charge is 0.494 e. The summed E-state index contributed by atoms with van der Waals surface area (Å²) in [5.41, 5.74) is 1.62. The number of nitrogens with one attached hydrogen (secondary N) is 1. The number of likely N-dealkylation sites (tertiary alicyclic amines) is 1. The lowest BCUT2D eigenvalue weighted by molar-refractivity contribution is -0.140. The molecule has 1 N–H and O–H groups in total. The van der Waals surface area contributed by atoms with Crippen LogP contribution in [0.2, 0.25) is 0 Å². The molecule has 2 aromatic rings. The van der Waals surface area contributed by atoms with E-state index in [1.807, 2.05) is 6.92 Å². The maximum atomic E-state index is 13.1. The van der Waals surface area contributed by atoms with Gasteiger partial charge in [0.15, 0.2) is 0 Å². The lowest BCUT2D eigenvalue weighted by Crippen LogP contribution is -2.30. The summed E-state index contributed by atoms with van der Waals surface area (Å²) in [7, 11) is -3.85. The first-order valence-electron chi connectivity index (χ1n) is 11.0. The summed E-state index contributed by atoms with van der Waals surface area (Å²) in [5.74, 6) is -0.0269. The van der Waals surface area contributed by atoms with Crippen molar-refractivity contribution in [2.24, 2.45) is 11.8 Å². The fourth-order valence-electron chi connectivity index (χ4n) is 4.60. The third kappa shape index (κ3) is 4.37. The molecule has 2 aromatic carbocycles. The number of sulfonamides is 1. The molecule has 2 amide bonds. The summed E-state index contributed by atoms with van der Waals surface area (Å²) < 4.78 is 34.1. The molecule has 1 aliphatic heterocycles. The van der Waals surface area contributed by atoms with Crippen molar-refractivity contribution in [3.63, 3.8) is 0 Å². The molecular formula is C24H28N2O5S. The lowest BCUT2D eigenvalue weighted by Gasteiger charge is -2.19. The van der Waals surface area contributed by atoms with Crippen LogP contribution in [0.15, 0.2) is 47.4 Å². The van der Waals surface area contributed by atoms with Crippen molar-refractivity contribution < 1.29 is 22.7 Å². The molecule has 2 fully saturated rings. The van der Waals surface area contributed by atoms with Gasteiger partial charge in [0, 0.05) is 5.69 Å². The predicted octanol–water partition coefficient (Wildman–Crippen LogP) is 3.87. The Labute approximate surface area is 188 Å². The zero-order valence-corrected chi connectivity index (χ0v) is 19.2. The molecule has 1 aliphatic carbocycles. The minimum atomic E-state index is -3.85. The number of amides is 2. The molecule has 0 unspecified atom stereocenters. The van der Waals surface area contributed by atoms with Crippen LogP contribution in [0.1, 0.15) is 43.7 Å². The number of carbonyl (C=O) groups excluding carboxylic acids is 2. The predicted molar refractivity (Wildman–Crippen MR) is 121 cm³/mol. The van der Waals surface area contributed by atoms with Gasteiger partial charge in [-0.1, -0.05) is 25.0 Å². The van der Waals surface area contributed by atoms with Gasteiger partial charge in [0.25, 0.3) is 10.0 Å². The second-order valence-electron chi connectivity index (χ2n) is 8.42. The van der Waals surface area contributed by atoms with E-state index in [1.165, 1.54) is 4.90 Å². The van der Waals surface area contributed by atoms with E-state index >= 15 is 0 Å². The SMILES string of the molecule is CCOc1ccc(NS(=O)(=O)c2cc(CN3C(=O)[C@H]4CCCC[C@@H]4C3=O)ccc2C)cc1. The first kappa shape index (κ1) is 22.3. The molecule has 7 nitrogen and oxygen atoms in total. The molecule has 1 saturated heterocycles. The average molecular weight is 457 g/mol. The fraction of sp³-hybridized carbons (Fsp3) is 0.417. The van der Waals surface area contributed by atoms with E-state index < -0.39 is 10.0 Å². The van der Waals surface area contributed by atoms with Crippen molar-refractivity contribution in [1.82, 2.24) is 4.90 Å². The van der Waals surface area contributed by atoms with Crippen molar-refractivity contribution in [3.05, 3.63) is 53.6 Å². The van der Waals surface area contributed by atoms with Crippen LogP contribution in [0.25, 0.3) is 0 Å². The number of carbonyl (C=O) groups is 2. The van der Waals surface area contributed by atoms with Crippen LogP contribution >= 0.6 is 0 Å². The maximum absolute atomic E-state index is 13.1. The Kier molecular flexibility index (Phi) is 6.24. The number of anilines is 1. The van der Waals surface area contributed by atoms with E-state index in [4.69, 9.17) is 4.74 Å². The number of hydrogen-bond acceptors (Lipinski definition) is 5. The van der Waals surface area contributed by atoms with Crippen LogP contribution in [-0.2, 0) is 26.2 Å². The zero-order valence-electron chi connectivity index (χ0n) is 18.3. The molecule has 8 heteroatoms. The normalized spacial score (nSPS) is 20.9. The van der Waals surface area contributed by atoms with Crippen molar-refractivity contribution in [3.8, 4) is 5.75 Å². The second-order valence-corrected chi connectivity index (χ2v) is 10.1. The highest BCUT2D eigenvalue weighted by atomic mass is 32.2. The first-order valence-corrected chi connectivity index (χ1v) is 12.5. The molecule has 170 valence electrons. The Morgan fingerprint density at radius 2 is 1.62 bits per heavy atom. The number of ether oxygens (including phenoxy) is 1. The van der Waals surface area contributed by atoms with Crippen LogP contribution < -0.4 is 9.46 Å². The monoisotopic (exact) mass is 456 g/mol. The number of benzene rings is 2. The maximum Gasteiger partial charge on any atom is 0.262 e.